The molecule has 1 fully saturated rings. The Labute approximate surface area is 128 Å². The van der Waals surface area contributed by atoms with Crippen LogP contribution >= 0.6 is 11.6 Å². The van der Waals surface area contributed by atoms with Gasteiger partial charge in [-0.1, -0.05) is 37.8 Å². The van der Waals surface area contributed by atoms with Crippen LogP contribution in [0.3, 0.4) is 0 Å². The Bertz CT molecular complexity index is 630. The molecule has 0 bridgehead atoms. The predicted molar refractivity (Wildman–Crippen MR) is 80.6 cm³/mol. The van der Waals surface area contributed by atoms with E-state index in [9.17, 15) is 14.7 Å². The number of amides is 1. The number of unbranched alkanes of at least 4 members (excludes halogenated alkanes) is 2. The SMILES string of the molecule is CCCCCC12CC1(C(=O)O)C(=O)Nc1ccc(Cl)cc12. The predicted octanol–water partition coefficient (Wildman–Crippen LogP) is 3.58. The first kappa shape index (κ1) is 14.4. The van der Waals surface area contributed by atoms with Crippen molar-refractivity contribution < 1.29 is 14.7 Å². The van der Waals surface area contributed by atoms with Crippen molar-refractivity contribution in [1.82, 2.24) is 0 Å². The molecule has 1 aliphatic carbocycles. The molecule has 0 radical (unpaired) electrons. The molecule has 0 aromatic heterocycles. The zero-order chi connectivity index (χ0) is 15.3. The highest BCUT2D eigenvalue weighted by atomic mass is 35.5. The van der Waals surface area contributed by atoms with Gasteiger partial charge in [-0.15, -0.1) is 0 Å². The number of aliphatic carboxylic acids is 1. The minimum Gasteiger partial charge on any atom is -0.480 e. The first-order valence-corrected chi connectivity index (χ1v) is 7.70. The third kappa shape index (κ3) is 1.81. The number of anilines is 1. The zero-order valence-electron chi connectivity index (χ0n) is 11.9. The van der Waals surface area contributed by atoms with Gasteiger partial charge in [-0.3, -0.25) is 9.59 Å². The molecule has 1 aliphatic heterocycles. The summed E-state index contributed by atoms with van der Waals surface area (Å²) in [4.78, 5) is 24.1. The maximum atomic E-state index is 12.4. The largest absolute Gasteiger partial charge is 0.480 e. The fraction of sp³-hybridized carbons (Fsp3) is 0.500. The summed E-state index contributed by atoms with van der Waals surface area (Å²) in [6.07, 6.45) is 4.11. The van der Waals surface area contributed by atoms with Crippen LogP contribution in [0.4, 0.5) is 5.69 Å². The molecule has 2 atom stereocenters. The normalized spacial score (nSPS) is 29.3. The van der Waals surface area contributed by atoms with E-state index in [1.807, 2.05) is 6.07 Å². The monoisotopic (exact) mass is 307 g/mol. The Morgan fingerprint density at radius 3 is 2.86 bits per heavy atom. The highest BCUT2D eigenvalue weighted by Crippen LogP contribution is 2.71. The van der Waals surface area contributed by atoms with Crippen LogP contribution in [0, 0.1) is 5.41 Å². The van der Waals surface area contributed by atoms with E-state index in [0.717, 1.165) is 24.8 Å². The maximum Gasteiger partial charge on any atom is 0.320 e. The fourth-order valence-corrected chi connectivity index (χ4v) is 3.94. The van der Waals surface area contributed by atoms with Crippen molar-refractivity contribution >= 4 is 29.2 Å². The molecule has 0 saturated heterocycles. The minimum absolute atomic E-state index is 0.373. The van der Waals surface area contributed by atoms with Gasteiger partial charge in [0.05, 0.1) is 0 Å². The van der Waals surface area contributed by atoms with Crippen molar-refractivity contribution in [3.05, 3.63) is 28.8 Å². The topological polar surface area (TPSA) is 66.4 Å². The molecule has 1 aromatic rings. The number of hydrogen-bond acceptors (Lipinski definition) is 2. The molecule has 1 heterocycles. The Hall–Kier alpha value is -1.55. The number of carbonyl (C=O) groups excluding carboxylic acids is 1. The summed E-state index contributed by atoms with van der Waals surface area (Å²) in [5.74, 6) is -1.41. The summed E-state index contributed by atoms with van der Waals surface area (Å²) in [5.41, 5.74) is -0.307. The van der Waals surface area contributed by atoms with E-state index in [0.29, 0.717) is 23.6 Å². The molecule has 5 heteroatoms. The van der Waals surface area contributed by atoms with Crippen LogP contribution in [0.25, 0.3) is 0 Å². The average molecular weight is 308 g/mol. The second-order valence-electron chi connectivity index (χ2n) is 6.07. The van der Waals surface area contributed by atoms with Crippen molar-refractivity contribution in [3.63, 3.8) is 0 Å². The lowest BCUT2D eigenvalue weighted by Crippen LogP contribution is -2.42. The van der Waals surface area contributed by atoms with Gasteiger partial charge >= 0.3 is 5.97 Å². The number of benzene rings is 1. The van der Waals surface area contributed by atoms with E-state index in [1.165, 1.54) is 0 Å². The van der Waals surface area contributed by atoms with E-state index >= 15 is 0 Å². The second-order valence-corrected chi connectivity index (χ2v) is 6.51. The van der Waals surface area contributed by atoms with Crippen molar-refractivity contribution in [2.75, 3.05) is 5.32 Å². The molecule has 1 saturated carbocycles. The molecule has 2 aliphatic rings. The molecule has 0 spiro atoms. The number of nitrogens with one attached hydrogen (secondary N) is 1. The Morgan fingerprint density at radius 2 is 2.19 bits per heavy atom. The molecule has 1 amide bonds. The number of carboxylic acids is 1. The van der Waals surface area contributed by atoms with Crippen LogP contribution in [0.2, 0.25) is 5.02 Å². The Kier molecular flexibility index (Phi) is 3.24. The lowest BCUT2D eigenvalue weighted by molar-refractivity contribution is -0.148. The van der Waals surface area contributed by atoms with Crippen LogP contribution < -0.4 is 5.32 Å². The highest BCUT2D eigenvalue weighted by Gasteiger charge is 2.78. The first-order valence-electron chi connectivity index (χ1n) is 7.33. The van der Waals surface area contributed by atoms with E-state index in [-0.39, 0.29) is 5.91 Å². The Balaban J connectivity index is 2.08. The number of halogens is 1. The number of carboxylic acid groups (broad SMARTS) is 1. The summed E-state index contributed by atoms with van der Waals surface area (Å²) in [7, 11) is 0. The first-order chi connectivity index (χ1) is 9.98. The number of carbonyl (C=O) groups is 2. The van der Waals surface area contributed by atoms with Crippen LogP contribution in [0.15, 0.2) is 18.2 Å². The van der Waals surface area contributed by atoms with Crippen molar-refractivity contribution in [2.45, 2.75) is 44.4 Å². The molecule has 4 nitrogen and oxygen atoms in total. The second kappa shape index (κ2) is 4.73. The van der Waals surface area contributed by atoms with Gasteiger partial charge in [0, 0.05) is 16.1 Å². The smallest absolute Gasteiger partial charge is 0.320 e. The fourth-order valence-electron chi connectivity index (χ4n) is 3.77. The van der Waals surface area contributed by atoms with E-state index in [4.69, 9.17) is 11.6 Å². The molecule has 21 heavy (non-hydrogen) atoms. The third-order valence-electron chi connectivity index (χ3n) is 4.96. The van der Waals surface area contributed by atoms with Gasteiger partial charge < -0.3 is 10.4 Å². The third-order valence-corrected chi connectivity index (χ3v) is 5.20. The molecule has 2 N–H and O–H groups in total. The minimum atomic E-state index is -1.31. The zero-order valence-corrected chi connectivity index (χ0v) is 12.7. The number of fused-ring (bicyclic) bond motifs is 3. The van der Waals surface area contributed by atoms with Crippen LogP contribution in [0.1, 0.15) is 44.6 Å². The van der Waals surface area contributed by atoms with E-state index < -0.39 is 16.8 Å². The van der Waals surface area contributed by atoms with Crippen molar-refractivity contribution in [3.8, 4) is 0 Å². The van der Waals surface area contributed by atoms with Crippen molar-refractivity contribution in [2.24, 2.45) is 5.41 Å². The van der Waals surface area contributed by atoms with Gasteiger partial charge in [0.2, 0.25) is 5.91 Å². The van der Waals surface area contributed by atoms with Gasteiger partial charge in [0.25, 0.3) is 0 Å². The van der Waals surface area contributed by atoms with Gasteiger partial charge in [0.15, 0.2) is 5.41 Å². The number of rotatable bonds is 5. The van der Waals surface area contributed by atoms with Crippen LogP contribution in [-0.2, 0) is 15.0 Å². The molecular weight excluding hydrogens is 290 g/mol. The standard InChI is InChI=1S/C16H18ClNO3/c1-2-3-4-7-15-9-16(15,14(20)21)13(19)18-12-6-5-10(17)8-11(12)15/h5-6,8H,2-4,7,9H2,1H3,(H,18,19)(H,20,21). The van der Waals surface area contributed by atoms with Gasteiger partial charge in [-0.2, -0.15) is 0 Å². The quantitative estimate of drug-likeness (QED) is 0.645. The summed E-state index contributed by atoms with van der Waals surface area (Å²) in [6.45, 7) is 2.10. The van der Waals surface area contributed by atoms with Gasteiger partial charge in [-0.25, -0.2) is 0 Å². The molecular formula is C16H18ClNO3. The lowest BCUT2D eigenvalue weighted by Gasteiger charge is -2.30. The van der Waals surface area contributed by atoms with E-state index in [1.54, 1.807) is 12.1 Å². The molecule has 2 unspecified atom stereocenters. The van der Waals surface area contributed by atoms with Gasteiger partial charge in [-0.05, 0) is 36.6 Å². The average Bonchev–Trinajstić information content (AvgIpc) is 3.13. The summed E-state index contributed by atoms with van der Waals surface area (Å²) >= 11 is 6.09. The van der Waals surface area contributed by atoms with Crippen molar-refractivity contribution in [1.29, 1.82) is 0 Å². The molecule has 3 rings (SSSR count). The summed E-state index contributed by atoms with van der Waals surface area (Å²) < 4.78 is 0. The van der Waals surface area contributed by atoms with Gasteiger partial charge in [0.1, 0.15) is 0 Å². The number of hydrogen-bond donors (Lipinski definition) is 2. The molecule has 1 aromatic carbocycles. The van der Waals surface area contributed by atoms with E-state index in [2.05, 4.69) is 12.2 Å². The summed E-state index contributed by atoms with van der Waals surface area (Å²) in [5, 5.41) is 12.9. The maximum absolute atomic E-state index is 12.4. The highest BCUT2D eigenvalue weighted by molar-refractivity contribution is 6.31. The van der Waals surface area contributed by atoms with Crippen LogP contribution in [-0.4, -0.2) is 17.0 Å². The van der Waals surface area contributed by atoms with Crippen LogP contribution in [0.5, 0.6) is 0 Å². The lowest BCUT2D eigenvalue weighted by atomic mass is 9.78. The molecule has 112 valence electrons. The Morgan fingerprint density at radius 1 is 1.43 bits per heavy atom. The summed E-state index contributed by atoms with van der Waals surface area (Å²) in [6, 6.07) is 5.30.